The monoisotopic (exact) mass is 170 g/mol. The van der Waals surface area contributed by atoms with Crippen LogP contribution in [0.5, 0.6) is 0 Å². The molecule has 3 heteroatoms. The average Bonchev–Trinajstić information content (AvgIpc) is 2.45. The van der Waals surface area contributed by atoms with Gasteiger partial charge in [0.15, 0.2) is 0 Å². The van der Waals surface area contributed by atoms with Gasteiger partial charge in [-0.25, -0.2) is 0 Å². The molecule has 0 aromatic heterocycles. The summed E-state index contributed by atoms with van der Waals surface area (Å²) >= 11 is 0. The van der Waals surface area contributed by atoms with Crippen molar-refractivity contribution in [1.82, 2.24) is 4.90 Å². The zero-order valence-electron chi connectivity index (χ0n) is 7.92. The Morgan fingerprint density at radius 1 is 1.67 bits per heavy atom. The maximum atomic E-state index is 11.4. The Morgan fingerprint density at radius 3 is 2.83 bits per heavy atom. The van der Waals surface area contributed by atoms with Crippen LogP contribution < -0.4 is 5.73 Å². The van der Waals surface area contributed by atoms with E-state index in [0.717, 1.165) is 13.0 Å². The SMILES string of the molecule is CCC(=O)N1CCC(C)C1CN. The molecule has 0 radical (unpaired) electrons. The van der Waals surface area contributed by atoms with Gasteiger partial charge in [0.05, 0.1) is 0 Å². The van der Waals surface area contributed by atoms with Gasteiger partial charge < -0.3 is 10.6 Å². The number of rotatable bonds is 2. The lowest BCUT2D eigenvalue weighted by Gasteiger charge is -2.25. The van der Waals surface area contributed by atoms with E-state index in [2.05, 4.69) is 6.92 Å². The van der Waals surface area contributed by atoms with E-state index in [1.807, 2.05) is 11.8 Å². The van der Waals surface area contributed by atoms with Crippen LogP contribution in [0.2, 0.25) is 0 Å². The minimum absolute atomic E-state index is 0.245. The highest BCUT2D eigenvalue weighted by molar-refractivity contribution is 5.76. The van der Waals surface area contributed by atoms with Crippen LogP contribution in [0.1, 0.15) is 26.7 Å². The summed E-state index contributed by atoms with van der Waals surface area (Å²) in [6.07, 6.45) is 1.71. The van der Waals surface area contributed by atoms with Gasteiger partial charge in [0.25, 0.3) is 0 Å². The van der Waals surface area contributed by atoms with Crippen LogP contribution in [-0.4, -0.2) is 29.9 Å². The van der Waals surface area contributed by atoms with Crippen molar-refractivity contribution >= 4 is 5.91 Å². The molecule has 1 rings (SSSR count). The summed E-state index contributed by atoms with van der Waals surface area (Å²) in [5.74, 6) is 0.820. The Morgan fingerprint density at radius 2 is 2.33 bits per heavy atom. The highest BCUT2D eigenvalue weighted by Crippen LogP contribution is 2.23. The second kappa shape index (κ2) is 3.90. The first-order chi connectivity index (χ1) is 5.70. The summed E-state index contributed by atoms with van der Waals surface area (Å²) in [7, 11) is 0. The molecule has 3 nitrogen and oxygen atoms in total. The quantitative estimate of drug-likeness (QED) is 0.659. The molecule has 0 bridgehead atoms. The Bertz CT molecular complexity index is 170. The zero-order chi connectivity index (χ0) is 9.14. The van der Waals surface area contributed by atoms with Crippen LogP contribution in [0.15, 0.2) is 0 Å². The van der Waals surface area contributed by atoms with Crippen molar-refractivity contribution in [3.8, 4) is 0 Å². The fraction of sp³-hybridized carbons (Fsp3) is 0.889. The number of likely N-dealkylation sites (tertiary alicyclic amines) is 1. The topological polar surface area (TPSA) is 46.3 Å². The third-order valence-electron chi connectivity index (χ3n) is 2.75. The van der Waals surface area contributed by atoms with E-state index in [1.165, 1.54) is 0 Å². The van der Waals surface area contributed by atoms with E-state index < -0.39 is 0 Å². The molecule has 0 spiro atoms. The molecule has 0 aromatic rings. The number of carbonyl (C=O) groups excluding carboxylic acids is 1. The summed E-state index contributed by atoms with van der Waals surface area (Å²) in [6, 6.07) is 0.289. The molecule has 1 heterocycles. The summed E-state index contributed by atoms with van der Waals surface area (Å²) < 4.78 is 0. The maximum Gasteiger partial charge on any atom is 0.222 e. The molecule has 0 aromatic carbocycles. The van der Waals surface area contributed by atoms with Gasteiger partial charge >= 0.3 is 0 Å². The van der Waals surface area contributed by atoms with Gasteiger partial charge in [-0.15, -0.1) is 0 Å². The van der Waals surface area contributed by atoms with Crippen LogP contribution in [0.25, 0.3) is 0 Å². The number of nitrogens with two attached hydrogens (primary N) is 1. The molecule has 2 N–H and O–H groups in total. The van der Waals surface area contributed by atoms with Crippen LogP contribution in [-0.2, 0) is 4.79 Å². The maximum absolute atomic E-state index is 11.4. The molecule has 1 aliphatic heterocycles. The van der Waals surface area contributed by atoms with E-state index in [9.17, 15) is 4.79 Å². The minimum atomic E-state index is 0.245. The van der Waals surface area contributed by atoms with Gasteiger partial charge in [-0.1, -0.05) is 13.8 Å². The summed E-state index contributed by atoms with van der Waals surface area (Å²) in [6.45, 7) is 5.57. The van der Waals surface area contributed by atoms with Gasteiger partial charge in [-0.2, -0.15) is 0 Å². The van der Waals surface area contributed by atoms with E-state index in [4.69, 9.17) is 5.73 Å². The number of hydrogen-bond acceptors (Lipinski definition) is 2. The predicted molar refractivity (Wildman–Crippen MR) is 48.6 cm³/mol. The third kappa shape index (κ3) is 1.61. The Balaban J connectivity index is 2.60. The highest BCUT2D eigenvalue weighted by atomic mass is 16.2. The standard InChI is InChI=1S/C9H18N2O/c1-3-9(12)11-5-4-7(2)8(11)6-10/h7-8H,3-6,10H2,1-2H3. The van der Waals surface area contributed by atoms with Crippen molar-refractivity contribution in [3.63, 3.8) is 0 Å². The van der Waals surface area contributed by atoms with Crippen LogP contribution in [0.4, 0.5) is 0 Å². The fourth-order valence-electron chi connectivity index (χ4n) is 1.88. The van der Waals surface area contributed by atoms with Crippen LogP contribution >= 0.6 is 0 Å². The van der Waals surface area contributed by atoms with E-state index in [0.29, 0.717) is 18.9 Å². The zero-order valence-corrected chi connectivity index (χ0v) is 7.92. The number of amides is 1. The van der Waals surface area contributed by atoms with Crippen molar-refractivity contribution < 1.29 is 4.79 Å². The molecular weight excluding hydrogens is 152 g/mol. The first kappa shape index (κ1) is 9.52. The van der Waals surface area contributed by atoms with Crippen LogP contribution in [0, 0.1) is 5.92 Å². The van der Waals surface area contributed by atoms with Gasteiger partial charge in [-0.3, -0.25) is 4.79 Å². The molecule has 2 unspecified atom stereocenters. The Kier molecular flexibility index (Phi) is 3.09. The third-order valence-corrected chi connectivity index (χ3v) is 2.75. The molecule has 1 amide bonds. The predicted octanol–water partition coefficient (Wildman–Crippen LogP) is 0.592. The van der Waals surface area contributed by atoms with Crippen LogP contribution in [0.3, 0.4) is 0 Å². The molecule has 12 heavy (non-hydrogen) atoms. The molecule has 2 atom stereocenters. The fourth-order valence-corrected chi connectivity index (χ4v) is 1.88. The largest absolute Gasteiger partial charge is 0.338 e. The smallest absolute Gasteiger partial charge is 0.222 e. The molecule has 0 aliphatic carbocycles. The van der Waals surface area contributed by atoms with Crippen molar-refractivity contribution in [1.29, 1.82) is 0 Å². The van der Waals surface area contributed by atoms with Gasteiger partial charge in [-0.05, 0) is 12.3 Å². The van der Waals surface area contributed by atoms with Gasteiger partial charge in [0, 0.05) is 25.6 Å². The van der Waals surface area contributed by atoms with Crippen molar-refractivity contribution in [2.24, 2.45) is 11.7 Å². The lowest BCUT2D eigenvalue weighted by molar-refractivity contribution is -0.131. The number of hydrogen-bond donors (Lipinski definition) is 1. The number of nitrogens with zero attached hydrogens (tertiary/aromatic N) is 1. The Labute approximate surface area is 73.9 Å². The first-order valence-corrected chi connectivity index (χ1v) is 4.70. The van der Waals surface area contributed by atoms with Crippen molar-refractivity contribution in [2.45, 2.75) is 32.7 Å². The summed E-state index contributed by atoms with van der Waals surface area (Å²) in [4.78, 5) is 13.3. The van der Waals surface area contributed by atoms with Crippen molar-refractivity contribution in [2.75, 3.05) is 13.1 Å². The average molecular weight is 170 g/mol. The summed E-state index contributed by atoms with van der Waals surface area (Å²) in [5.41, 5.74) is 5.61. The summed E-state index contributed by atoms with van der Waals surface area (Å²) in [5, 5.41) is 0. The van der Waals surface area contributed by atoms with Gasteiger partial charge in [0.1, 0.15) is 0 Å². The van der Waals surface area contributed by atoms with Gasteiger partial charge in [0.2, 0.25) is 5.91 Å². The Hall–Kier alpha value is -0.570. The normalized spacial score (nSPS) is 29.4. The molecule has 70 valence electrons. The molecule has 1 saturated heterocycles. The number of carbonyl (C=O) groups is 1. The molecular formula is C9H18N2O. The molecule has 1 aliphatic rings. The first-order valence-electron chi connectivity index (χ1n) is 4.70. The molecule has 1 fully saturated rings. The van der Waals surface area contributed by atoms with E-state index in [-0.39, 0.29) is 11.9 Å². The van der Waals surface area contributed by atoms with E-state index >= 15 is 0 Å². The highest BCUT2D eigenvalue weighted by Gasteiger charge is 2.32. The second-order valence-corrected chi connectivity index (χ2v) is 3.51. The lowest BCUT2D eigenvalue weighted by Crippen LogP contribution is -2.41. The molecule has 0 saturated carbocycles. The van der Waals surface area contributed by atoms with Crippen molar-refractivity contribution in [3.05, 3.63) is 0 Å². The minimum Gasteiger partial charge on any atom is -0.338 e. The lowest BCUT2D eigenvalue weighted by atomic mass is 10.0. The van der Waals surface area contributed by atoms with E-state index in [1.54, 1.807) is 0 Å². The second-order valence-electron chi connectivity index (χ2n) is 3.51.